The van der Waals surface area contributed by atoms with Gasteiger partial charge in [-0.15, -0.1) is 0 Å². The van der Waals surface area contributed by atoms with E-state index in [1.807, 2.05) is 55.6 Å². The number of anilines is 2. The molecule has 1 aliphatic rings. The molecule has 2 aromatic carbocycles. The Balaban J connectivity index is 1.38. The van der Waals surface area contributed by atoms with Gasteiger partial charge in [-0.1, -0.05) is 37.1 Å². The van der Waals surface area contributed by atoms with Crippen LogP contribution in [0.1, 0.15) is 31.2 Å². The number of aryl methyl sites for hydroxylation is 1. The van der Waals surface area contributed by atoms with Gasteiger partial charge in [-0.05, 0) is 42.7 Å². The predicted molar refractivity (Wildman–Crippen MR) is 148 cm³/mol. The molecule has 0 bridgehead atoms. The van der Waals surface area contributed by atoms with E-state index in [1.54, 1.807) is 10.9 Å². The fraction of sp³-hybridized carbons (Fsp3) is 0.250. The molecule has 5 rings (SSSR count). The highest BCUT2D eigenvalue weighted by Crippen LogP contribution is 2.29. The Bertz CT molecular complexity index is 1490. The van der Waals surface area contributed by atoms with E-state index in [0.29, 0.717) is 28.6 Å². The standard InChI is InChI=1S/C28H30N8O2/c1-36-28-24(16-31-36)27(33-22-11-9-18(10-12-22)20(14-29)15-30)34-26(35-28)19-5-4-8-23(13-19)38-17-25(37)32-21-6-2-3-7-21/h4-5,8-16,21,29H,2-3,6-7,17,30H2,1H3,(H,32,37)(H,33,34,35)/b20-15+,29-14?. The summed E-state index contributed by atoms with van der Waals surface area (Å²) in [6.07, 6.45) is 8.74. The smallest absolute Gasteiger partial charge is 0.258 e. The highest BCUT2D eigenvalue weighted by Gasteiger charge is 2.18. The SMILES string of the molecule is Cn1ncc2c(Nc3ccc(/C(C=N)=C/N)cc3)nc(-c3cccc(OCC(=O)NC4CCCC4)c3)nc21. The maximum atomic E-state index is 12.3. The van der Waals surface area contributed by atoms with Crippen LogP contribution in [0.15, 0.2) is 60.9 Å². The summed E-state index contributed by atoms with van der Waals surface area (Å²) in [5.41, 5.74) is 9.33. The van der Waals surface area contributed by atoms with Crippen LogP contribution in [0.25, 0.3) is 28.0 Å². The quantitative estimate of drug-likeness (QED) is 0.248. The first-order chi connectivity index (χ1) is 18.5. The molecule has 1 fully saturated rings. The third-order valence-electron chi connectivity index (χ3n) is 6.59. The minimum Gasteiger partial charge on any atom is -0.484 e. The molecule has 2 aromatic heterocycles. The van der Waals surface area contributed by atoms with Crippen molar-refractivity contribution in [1.82, 2.24) is 25.1 Å². The summed E-state index contributed by atoms with van der Waals surface area (Å²) >= 11 is 0. The van der Waals surface area contributed by atoms with Crippen LogP contribution in [0.5, 0.6) is 5.75 Å². The molecular weight excluding hydrogens is 480 g/mol. The number of fused-ring (bicyclic) bond motifs is 1. The van der Waals surface area contributed by atoms with Crippen molar-refractivity contribution in [3.05, 3.63) is 66.5 Å². The van der Waals surface area contributed by atoms with Crippen LogP contribution in [-0.4, -0.2) is 44.5 Å². The first-order valence-electron chi connectivity index (χ1n) is 12.6. The van der Waals surface area contributed by atoms with Crippen molar-refractivity contribution in [2.24, 2.45) is 12.8 Å². The maximum absolute atomic E-state index is 12.3. The number of benzene rings is 2. The molecule has 10 nitrogen and oxygen atoms in total. The van der Waals surface area contributed by atoms with Crippen molar-refractivity contribution >= 4 is 40.2 Å². The van der Waals surface area contributed by atoms with Gasteiger partial charge >= 0.3 is 0 Å². The van der Waals surface area contributed by atoms with E-state index in [4.69, 9.17) is 25.8 Å². The minimum absolute atomic E-state index is 0.0383. The van der Waals surface area contributed by atoms with Crippen molar-refractivity contribution in [2.45, 2.75) is 31.7 Å². The van der Waals surface area contributed by atoms with Crippen molar-refractivity contribution in [1.29, 1.82) is 5.41 Å². The number of carbonyl (C=O) groups is 1. The van der Waals surface area contributed by atoms with E-state index in [1.165, 1.54) is 12.4 Å². The minimum atomic E-state index is -0.109. The summed E-state index contributed by atoms with van der Waals surface area (Å²) in [6.45, 7) is -0.0383. The molecule has 1 amide bonds. The number of amides is 1. The highest BCUT2D eigenvalue weighted by molar-refractivity contribution is 6.08. The van der Waals surface area contributed by atoms with Gasteiger partial charge < -0.3 is 26.5 Å². The highest BCUT2D eigenvalue weighted by atomic mass is 16.5. The molecular formula is C28H30N8O2. The number of allylic oxidation sites excluding steroid dienone is 1. The predicted octanol–water partition coefficient (Wildman–Crippen LogP) is 4.16. The van der Waals surface area contributed by atoms with Gasteiger partial charge in [0.15, 0.2) is 18.1 Å². The van der Waals surface area contributed by atoms with E-state index < -0.39 is 0 Å². The van der Waals surface area contributed by atoms with Crippen LogP contribution in [0.3, 0.4) is 0 Å². The van der Waals surface area contributed by atoms with Crippen LogP contribution in [0.4, 0.5) is 11.5 Å². The number of carbonyl (C=O) groups excluding carboxylic acids is 1. The Morgan fingerprint density at radius 1 is 1.18 bits per heavy atom. The van der Waals surface area contributed by atoms with Crippen molar-refractivity contribution in [3.63, 3.8) is 0 Å². The van der Waals surface area contributed by atoms with Gasteiger partial charge in [0.25, 0.3) is 5.91 Å². The second-order valence-corrected chi connectivity index (χ2v) is 9.24. The monoisotopic (exact) mass is 510 g/mol. The zero-order valence-corrected chi connectivity index (χ0v) is 21.1. The van der Waals surface area contributed by atoms with Crippen molar-refractivity contribution in [2.75, 3.05) is 11.9 Å². The second kappa shape index (κ2) is 11.1. The van der Waals surface area contributed by atoms with Gasteiger partial charge in [0.05, 0.1) is 11.6 Å². The van der Waals surface area contributed by atoms with Crippen LogP contribution in [-0.2, 0) is 11.8 Å². The summed E-state index contributed by atoms with van der Waals surface area (Å²) in [7, 11) is 1.83. The first-order valence-corrected chi connectivity index (χ1v) is 12.6. The fourth-order valence-corrected chi connectivity index (χ4v) is 4.57. The molecule has 4 aromatic rings. The molecule has 0 unspecified atom stereocenters. The largest absolute Gasteiger partial charge is 0.484 e. The Kier molecular flexibility index (Phi) is 7.30. The summed E-state index contributed by atoms with van der Waals surface area (Å²) in [5, 5.41) is 19.0. The fourth-order valence-electron chi connectivity index (χ4n) is 4.57. The molecule has 0 saturated heterocycles. The zero-order valence-electron chi connectivity index (χ0n) is 21.1. The second-order valence-electron chi connectivity index (χ2n) is 9.24. The van der Waals surface area contributed by atoms with E-state index in [9.17, 15) is 4.79 Å². The van der Waals surface area contributed by atoms with E-state index >= 15 is 0 Å². The first kappa shape index (κ1) is 24.9. The maximum Gasteiger partial charge on any atom is 0.258 e. The molecule has 38 heavy (non-hydrogen) atoms. The van der Waals surface area contributed by atoms with Gasteiger partial charge in [0.2, 0.25) is 0 Å². The lowest BCUT2D eigenvalue weighted by Gasteiger charge is -2.13. The average Bonchev–Trinajstić information content (AvgIpc) is 3.59. The van der Waals surface area contributed by atoms with Crippen molar-refractivity contribution in [3.8, 4) is 17.1 Å². The Morgan fingerprint density at radius 2 is 1.97 bits per heavy atom. The lowest BCUT2D eigenvalue weighted by Crippen LogP contribution is -2.36. The molecule has 0 spiro atoms. The van der Waals surface area contributed by atoms with Gasteiger partial charge in [-0.25, -0.2) is 9.97 Å². The molecule has 10 heteroatoms. The Morgan fingerprint density at radius 3 is 2.71 bits per heavy atom. The molecule has 0 aliphatic heterocycles. The van der Waals surface area contributed by atoms with E-state index in [0.717, 1.165) is 47.9 Å². The average molecular weight is 511 g/mol. The number of nitrogens with one attached hydrogen (secondary N) is 3. The third kappa shape index (κ3) is 5.49. The number of ether oxygens (including phenoxy) is 1. The summed E-state index contributed by atoms with van der Waals surface area (Å²) < 4.78 is 7.48. The molecule has 0 radical (unpaired) electrons. The summed E-state index contributed by atoms with van der Waals surface area (Å²) in [4.78, 5) is 21.8. The third-order valence-corrected chi connectivity index (χ3v) is 6.59. The number of aromatic nitrogens is 4. The van der Waals surface area contributed by atoms with E-state index in [-0.39, 0.29) is 18.6 Å². The summed E-state index contributed by atoms with van der Waals surface area (Å²) in [5.74, 6) is 1.56. The number of hydrogen-bond donors (Lipinski definition) is 4. The molecule has 1 saturated carbocycles. The number of hydrogen-bond acceptors (Lipinski definition) is 8. The molecule has 0 atom stereocenters. The zero-order chi connectivity index (χ0) is 26.5. The number of rotatable bonds is 9. The van der Waals surface area contributed by atoms with Gasteiger partial charge in [-0.3, -0.25) is 9.48 Å². The summed E-state index contributed by atoms with van der Waals surface area (Å²) in [6, 6.07) is 15.2. The molecule has 2 heterocycles. The number of nitrogens with zero attached hydrogens (tertiary/aromatic N) is 4. The Labute approximate surface area is 220 Å². The van der Waals surface area contributed by atoms with Gasteiger partial charge in [-0.2, -0.15) is 5.10 Å². The van der Waals surface area contributed by atoms with Crippen molar-refractivity contribution < 1.29 is 9.53 Å². The van der Waals surface area contributed by atoms with E-state index in [2.05, 4.69) is 15.7 Å². The molecule has 1 aliphatic carbocycles. The van der Waals surface area contributed by atoms with Gasteiger partial charge in [0.1, 0.15) is 11.6 Å². The normalized spacial score (nSPS) is 14.0. The van der Waals surface area contributed by atoms with Crippen LogP contribution < -0.4 is 21.1 Å². The van der Waals surface area contributed by atoms with Crippen LogP contribution in [0.2, 0.25) is 0 Å². The molecule has 194 valence electrons. The lowest BCUT2D eigenvalue weighted by molar-refractivity contribution is -0.123. The number of nitrogens with two attached hydrogens (primary N) is 1. The van der Waals surface area contributed by atoms with Crippen LogP contribution >= 0.6 is 0 Å². The topological polar surface area (TPSA) is 144 Å². The van der Waals surface area contributed by atoms with Gasteiger partial charge in [0, 0.05) is 42.3 Å². The molecule has 5 N–H and O–H groups in total. The Hall–Kier alpha value is -4.73. The lowest BCUT2D eigenvalue weighted by atomic mass is 10.1. The van der Waals surface area contributed by atoms with Crippen LogP contribution in [0, 0.1) is 5.41 Å².